The summed E-state index contributed by atoms with van der Waals surface area (Å²) in [7, 11) is 1.88. The number of aliphatic hydroxyl groups is 1. The summed E-state index contributed by atoms with van der Waals surface area (Å²) < 4.78 is 5.80. The van der Waals surface area contributed by atoms with Crippen molar-refractivity contribution in [3.05, 3.63) is 22.8 Å². The van der Waals surface area contributed by atoms with Gasteiger partial charge in [-0.2, -0.15) is 0 Å². The fourth-order valence-corrected chi connectivity index (χ4v) is 7.12. The molecule has 5 aliphatic carbocycles. The molecule has 5 aliphatic rings. The van der Waals surface area contributed by atoms with Crippen LogP contribution in [0.2, 0.25) is 0 Å². The van der Waals surface area contributed by atoms with Crippen LogP contribution < -0.4 is 0 Å². The van der Waals surface area contributed by atoms with Crippen LogP contribution in [0.4, 0.5) is 0 Å². The van der Waals surface area contributed by atoms with E-state index in [9.17, 15) is 5.11 Å². The molecule has 2 heteroatoms. The van der Waals surface area contributed by atoms with Crippen molar-refractivity contribution in [2.75, 3.05) is 13.7 Å². The molecule has 0 saturated heterocycles. The number of fused-ring (bicyclic) bond motifs is 3. The standard InChI is InChI=1S/C21H30O2/c1-19(23-2)8-5-15-14(11-19)3-4-17-16(15)6-10-21-12-20(21,13-22)9-7-18(17)21/h6,17-18,22H,3-5,7-13H2,1-2H3. The van der Waals surface area contributed by atoms with Crippen LogP contribution in [0.3, 0.4) is 0 Å². The van der Waals surface area contributed by atoms with Crippen molar-refractivity contribution in [2.45, 2.75) is 70.3 Å². The molecule has 0 amide bonds. The van der Waals surface area contributed by atoms with Crippen molar-refractivity contribution < 1.29 is 9.84 Å². The van der Waals surface area contributed by atoms with E-state index in [0.717, 1.165) is 18.3 Å². The van der Waals surface area contributed by atoms with E-state index < -0.39 is 0 Å². The Kier molecular flexibility index (Phi) is 2.89. The summed E-state index contributed by atoms with van der Waals surface area (Å²) in [5.41, 5.74) is 6.01. The number of aliphatic hydroxyl groups excluding tert-OH is 1. The van der Waals surface area contributed by atoms with E-state index >= 15 is 0 Å². The Morgan fingerprint density at radius 2 is 2.13 bits per heavy atom. The molecule has 5 unspecified atom stereocenters. The summed E-state index contributed by atoms with van der Waals surface area (Å²) >= 11 is 0. The molecule has 5 rings (SSSR count). The predicted molar refractivity (Wildman–Crippen MR) is 91.0 cm³/mol. The molecule has 0 bridgehead atoms. The van der Waals surface area contributed by atoms with E-state index in [1.54, 1.807) is 16.7 Å². The minimum Gasteiger partial charge on any atom is -0.396 e. The quantitative estimate of drug-likeness (QED) is 0.819. The Hall–Kier alpha value is -0.600. The zero-order valence-electron chi connectivity index (χ0n) is 14.7. The van der Waals surface area contributed by atoms with Gasteiger partial charge in [-0.25, -0.2) is 0 Å². The van der Waals surface area contributed by atoms with Crippen molar-refractivity contribution in [3.63, 3.8) is 0 Å². The van der Waals surface area contributed by atoms with Gasteiger partial charge < -0.3 is 9.84 Å². The molecule has 0 aromatic heterocycles. The molecule has 1 spiro atoms. The van der Waals surface area contributed by atoms with Gasteiger partial charge in [0.15, 0.2) is 0 Å². The topological polar surface area (TPSA) is 29.5 Å². The Morgan fingerprint density at radius 1 is 1.26 bits per heavy atom. The van der Waals surface area contributed by atoms with E-state index in [1.165, 1.54) is 51.4 Å². The third-order valence-corrected chi connectivity index (χ3v) is 8.62. The van der Waals surface area contributed by atoms with Crippen LogP contribution in [0, 0.1) is 22.7 Å². The monoisotopic (exact) mass is 314 g/mol. The van der Waals surface area contributed by atoms with Gasteiger partial charge in [-0.1, -0.05) is 11.6 Å². The number of ether oxygens (including phenoxy) is 1. The van der Waals surface area contributed by atoms with Gasteiger partial charge in [0.25, 0.3) is 0 Å². The van der Waals surface area contributed by atoms with Gasteiger partial charge >= 0.3 is 0 Å². The minimum absolute atomic E-state index is 0.0675. The van der Waals surface area contributed by atoms with Gasteiger partial charge in [0.2, 0.25) is 0 Å². The first-order valence-corrected chi connectivity index (χ1v) is 9.64. The Balaban J connectivity index is 1.49. The van der Waals surface area contributed by atoms with Crippen LogP contribution in [-0.4, -0.2) is 24.4 Å². The van der Waals surface area contributed by atoms with Gasteiger partial charge in [-0.3, -0.25) is 0 Å². The zero-order chi connectivity index (χ0) is 15.9. The maximum atomic E-state index is 9.92. The van der Waals surface area contributed by atoms with Gasteiger partial charge in [0.05, 0.1) is 5.60 Å². The predicted octanol–water partition coefficient (Wildman–Crippen LogP) is 4.39. The van der Waals surface area contributed by atoms with Crippen molar-refractivity contribution in [3.8, 4) is 0 Å². The molecule has 5 atom stereocenters. The number of hydrogen-bond donors (Lipinski definition) is 1. The molecule has 0 aromatic rings. The lowest BCUT2D eigenvalue weighted by molar-refractivity contribution is -0.00663. The third kappa shape index (κ3) is 1.72. The smallest absolute Gasteiger partial charge is 0.0691 e. The Morgan fingerprint density at radius 3 is 2.87 bits per heavy atom. The number of hydrogen-bond acceptors (Lipinski definition) is 2. The van der Waals surface area contributed by atoms with E-state index in [2.05, 4.69) is 13.0 Å². The average Bonchev–Trinajstić information content (AvgIpc) is 3.10. The molecular formula is C21H30O2. The summed E-state index contributed by atoms with van der Waals surface area (Å²) in [4.78, 5) is 0. The number of rotatable bonds is 2. The second-order valence-electron chi connectivity index (χ2n) is 9.34. The summed E-state index contributed by atoms with van der Waals surface area (Å²) in [5, 5.41) is 9.92. The molecule has 2 saturated carbocycles. The summed E-state index contributed by atoms with van der Waals surface area (Å²) in [6, 6.07) is 0. The van der Waals surface area contributed by atoms with Gasteiger partial charge in [-0.15, -0.1) is 0 Å². The van der Waals surface area contributed by atoms with Gasteiger partial charge in [-0.05, 0) is 93.1 Å². The van der Waals surface area contributed by atoms with E-state index in [1.807, 2.05) is 7.11 Å². The zero-order valence-corrected chi connectivity index (χ0v) is 14.7. The van der Waals surface area contributed by atoms with E-state index in [-0.39, 0.29) is 5.60 Å². The minimum atomic E-state index is 0.0675. The highest BCUT2D eigenvalue weighted by atomic mass is 16.5. The van der Waals surface area contributed by atoms with E-state index in [4.69, 9.17) is 4.74 Å². The van der Waals surface area contributed by atoms with Crippen molar-refractivity contribution in [1.29, 1.82) is 0 Å². The molecule has 126 valence electrons. The lowest BCUT2D eigenvalue weighted by Gasteiger charge is -2.45. The molecule has 0 radical (unpaired) electrons. The highest BCUT2D eigenvalue weighted by Gasteiger charge is 2.74. The van der Waals surface area contributed by atoms with Gasteiger partial charge in [0.1, 0.15) is 0 Å². The SMILES string of the molecule is COC1(C)CCC2=C(CCC3C2=CCC24CC2(CO)CCC34)C1. The highest BCUT2D eigenvalue weighted by molar-refractivity contribution is 5.46. The molecule has 0 aromatic carbocycles. The normalized spacial score (nSPS) is 50.7. The maximum Gasteiger partial charge on any atom is 0.0691 e. The van der Waals surface area contributed by atoms with Crippen LogP contribution in [0.25, 0.3) is 0 Å². The number of methoxy groups -OCH3 is 1. The summed E-state index contributed by atoms with van der Waals surface area (Å²) in [6.45, 7) is 2.71. The highest BCUT2D eigenvalue weighted by Crippen LogP contribution is 2.80. The molecule has 1 N–H and O–H groups in total. The van der Waals surface area contributed by atoms with Crippen LogP contribution in [0.15, 0.2) is 22.8 Å². The first kappa shape index (κ1) is 14.7. The lowest BCUT2D eigenvalue weighted by Crippen LogP contribution is -2.37. The van der Waals surface area contributed by atoms with Crippen LogP contribution in [0.1, 0.15) is 64.7 Å². The fraction of sp³-hybridized carbons (Fsp3) is 0.810. The first-order valence-electron chi connectivity index (χ1n) is 9.64. The average molecular weight is 314 g/mol. The molecule has 0 aliphatic heterocycles. The summed E-state index contributed by atoms with van der Waals surface area (Å²) in [6.07, 6.45) is 13.9. The molecule has 23 heavy (non-hydrogen) atoms. The van der Waals surface area contributed by atoms with Gasteiger partial charge in [0, 0.05) is 19.1 Å². The summed E-state index contributed by atoms with van der Waals surface area (Å²) in [5.74, 6) is 1.66. The largest absolute Gasteiger partial charge is 0.396 e. The first-order chi connectivity index (χ1) is 11.1. The fourth-order valence-electron chi connectivity index (χ4n) is 7.12. The number of allylic oxidation sites excluding steroid dienone is 3. The van der Waals surface area contributed by atoms with Crippen LogP contribution in [-0.2, 0) is 4.74 Å². The second-order valence-corrected chi connectivity index (χ2v) is 9.34. The van der Waals surface area contributed by atoms with Crippen LogP contribution >= 0.6 is 0 Å². The second kappa shape index (κ2) is 4.52. The van der Waals surface area contributed by atoms with Crippen molar-refractivity contribution in [1.82, 2.24) is 0 Å². The Labute approximate surface area is 140 Å². The Bertz CT molecular complexity index is 617. The lowest BCUT2D eigenvalue weighted by atomic mass is 9.61. The third-order valence-electron chi connectivity index (χ3n) is 8.62. The molecular weight excluding hydrogens is 284 g/mol. The molecule has 2 fully saturated rings. The van der Waals surface area contributed by atoms with Crippen molar-refractivity contribution in [2.24, 2.45) is 22.7 Å². The molecule has 0 heterocycles. The van der Waals surface area contributed by atoms with E-state index in [0.29, 0.717) is 17.4 Å². The van der Waals surface area contributed by atoms with Crippen LogP contribution in [0.5, 0.6) is 0 Å². The van der Waals surface area contributed by atoms with Crippen molar-refractivity contribution >= 4 is 0 Å². The molecule has 2 nitrogen and oxygen atoms in total. The maximum absolute atomic E-state index is 9.92.